The lowest BCUT2D eigenvalue weighted by Gasteiger charge is -2.23. The molecule has 1 atom stereocenters. The molecule has 0 bridgehead atoms. The molecule has 0 saturated carbocycles. The molecule has 2 aliphatic rings. The Morgan fingerprint density at radius 1 is 1.27 bits per heavy atom. The van der Waals surface area contributed by atoms with Crippen molar-refractivity contribution in [3.8, 4) is 5.75 Å². The third-order valence-electron chi connectivity index (χ3n) is 5.40. The van der Waals surface area contributed by atoms with Crippen LogP contribution in [0.5, 0.6) is 5.75 Å². The molecule has 26 heavy (non-hydrogen) atoms. The van der Waals surface area contributed by atoms with Gasteiger partial charge in [-0.1, -0.05) is 6.07 Å². The highest BCUT2D eigenvalue weighted by atomic mass is 19.1. The van der Waals surface area contributed by atoms with E-state index >= 15 is 0 Å². The van der Waals surface area contributed by atoms with E-state index in [2.05, 4.69) is 5.32 Å². The maximum atomic E-state index is 13.8. The van der Waals surface area contributed by atoms with Crippen LogP contribution >= 0.6 is 0 Å². The lowest BCUT2D eigenvalue weighted by atomic mass is 9.81. The van der Waals surface area contributed by atoms with Crippen LogP contribution in [-0.2, 0) is 10.2 Å². The molecule has 6 heteroatoms. The van der Waals surface area contributed by atoms with Gasteiger partial charge in [0.2, 0.25) is 5.91 Å². The van der Waals surface area contributed by atoms with Crippen LogP contribution in [-0.4, -0.2) is 36.9 Å². The molecule has 134 valence electrons. The van der Waals surface area contributed by atoms with Gasteiger partial charge in [-0.15, -0.1) is 0 Å². The molecule has 0 aliphatic carbocycles. The van der Waals surface area contributed by atoms with E-state index in [1.807, 2.05) is 12.1 Å². The summed E-state index contributed by atoms with van der Waals surface area (Å²) in [6, 6.07) is 9.95. The predicted octanol–water partition coefficient (Wildman–Crippen LogP) is 2.88. The second-order valence-electron chi connectivity index (χ2n) is 6.89. The molecule has 1 spiro atoms. The Hall–Kier alpha value is -2.89. The fourth-order valence-corrected chi connectivity index (χ4v) is 3.82. The van der Waals surface area contributed by atoms with Gasteiger partial charge < -0.3 is 15.0 Å². The summed E-state index contributed by atoms with van der Waals surface area (Å²) in [5.74, 6) is -0.0977. The average molecular weight is 354 g/mol. The van der Waals surface area contributed by atoms with E-state index in [0.717, 1.165) is 11.3 Å². The lowest BCUT2D eigenvalue weighted by Crippen LogP contribution is -2.39. The molecule has 2 aliphatic heterocycles. The summed E-state index contributed by atoms with van der Waals surface area (Å²) in [5.41, 5.74) is 1.63. The number of hydrogen-bond donors (Lipinski definition) is 1. The molecule has 0 aromatic heterocycles. The van der Waals surface area contributed by atoms with Gasteiger partial charge in [-0.3, -0.25) is 9.59 Å². The second kappa shape index (κ2) is 5.83. The summed E-state index contributed by atoms with van der Waals surface area (Å²) in [7, 11) is 1.58. The number of rotatable bonds is 2. The van der Waals surface area contributed by atoms with Crippen LogP contribution in [0, 0.1) is 12.7 Å². The van der Waals surface area contributed by atoms with Crippen LogP contribution in [0.25, 0.3) is 0 Å². The number of fused-ring (bicyclic) bond motifs is 2. The van der Waals surface area contributed by atoms with Crippen molar-refractivity contribution in [3.63, 3.8) is 0 Å². The van der Waals surface area contributed by atoms with Crippen molar-refractivity contribution < 1.29 is 18.7 Å². The van der Waals surface area contributed by atoms with Crippen molar-refractivity contribution in [1.82, 2.24) is 4.90 Å². The summed E-state index contributed by atoms with van der Waals surface area (Å²) in [4.78, 5) is 27.1. The third kappa shape index (κ3) is 2.36. The Balaban J connectivity index is 1.65. The normalized spacial score (nSPS) is 21.0. The number of nitrogens with zero attached hydrogens (tertiary/aromatic N) is 1. The Morgan fingerprint density at radius 2 is 2.08 bits per heavy atom. The molecular weight excluding hydrogens is 335 g/mol. The average Bonchev–Trinajstić information content (AvgIpc) is 3.20. The zero-order valence-electron chi connectivity index (χ0n) is 14.6. The first-order chi connectivity index (χ1) is 12.4. The first-order valence-corrected chi connectivity index (χ1v) is 8.50. The summed E-state index contributed by atoms with van der Waals surface area (Å²) >= 11 is 0. The quantitative estimate of drug-likeness (QED) is 0.902. The number of halogens is 1. The van der Waals surface area contributed by atoms with Gasteiger partial charge in [-0.25, -0.2) is 4.39 Å². The molecule has 5 nitrogen and oxygen atoms in total. The van der Waals surface area contributed by atoms with Crippen molar-refractivity contribution >= 4 is 17.5 Å². The fourth-order valence-electron chi connectivity index (χ4n) is 3.82. The summed E-state index contributed by atoms with van der Waals surface area (Å²) < 4.78 is 19.1. The van der Waals surface area contributed by atoms with E-state index in [1.165, 1.54) is 6.07 Å². The molecule has 1 saturated heterocycles. The van der Waals surface area contributed by atoms with Crippen LogP contribution in [0.15, 0.2) is 36.4 Å². The molecule has 2 aromatic rings. The van der Waals surface area contributed by atoms with Crippen molar-refractivity contribution in [2.45, 2.75) is 18.8 Å². The van der Waals surface area contributed by atoms with Gasteiger partial charge in [0.25, 0.3) is 5.91 Å². The van der Waals surface area contributed by atoms with Gasteiger partial charge in [-0.2, -0.15) is 0 Å². The minimum absolute atomic E-state index is 0.105. The number of carbonyl (C=O) groups is 2. The van der Waals surface area contributed by atoms with Crippen molar-refractivity contribution in [1.29, 1.82) is 0 Å². The monoisotopic (exact) mass is 354 g/mol. The predicted molar refractivity (Wildman–Crippen MR) is 95.0 cm³/mol. The number of aryl methyl sites for hydroxylation is 1. The number of benzene rings is 2. The topological polar surface area (TPSA) is 58.6 Å². The SMILES string of the molecule is COc1ccc2c(c1)[C@@]1(CCN(C(=O)c3ccc(C)c(F)c3)C1)C(=O)N2. The number of methoxy groups -OCH3 is 1. The summed E-state index contributed by atoms with van der Waals surface area (Å²) in [5, 5.41) is 2.90. The number of likely N-dealkylation sites (tertiary alicyclic amines) is 1. The van der Waals surface area contributed by atoms with Crippen LogP contribution < -0.4 is 10.1 Å². The summed E-state index contributed by atoms with van der Waals surface area (Å²) in [6.45, 7) is 2.37. The number of anilines is 1. The Bertz CT molecular complexity index is 927. The standard InChI is InChI=1S/C20H19FN2O3/c1-12-3-4-13(9-16(12)21)18(24)23-8-7-20(11-23)15-10-14(26-2)5-6-17(15)22-19(20)25/h3-6,9-10H,7-8,11H2,1-2H3,(H,22,25)/t20-/m0/s1. The smallest absolute Gasteiger partial charge is 0.254 e. The molecular formula is C20H19FN2O3. The largest absolute Gasteiger partial charge is 0.497 e. The van der Waals surface area contributed by atoms with Crippen LogP contribution in [0.4, 0.5) is 10.1 Å². The molecule has 1 N–H and O–H groups in total. The first-order valence-electron chi connectivity index (χ1n) is 8.50. The number of hydrogen-bond acceptors (Lipinski definition) is 3. The molecule has 2 amide bonds. The fraction of sp³-hybridized carbons (Fsp3) is 0.300. The number of carbonyl (C=O) groups excluding carboxylic acids is 2. The number of amides is 2. The third-order valence-corrected chi connectivity index (χ3v) is 5.40. The van der Waals surface area contributed by atoms with Gasteiger partial charge in [0.05, 0.1) is 12.5 Å². The Kier molecular flexibility index (Phi) is 3.72. The van der Waals surface area contributed by atoms with E-state index < -0.39 is 11.2 Å². The van der Waals surface area contributed by atoms with E-state index in [0.29, 0.717) is 29.8 Å². The summed E-state index contributed by atoms with van der Waals surface area (Å²) in [6.07, 6.45) is 0.527. The Labute approximate surface area is 150 Å². The highest BCUT2D eigenvalue weighted by molar-refractivity contribution is 6.07. The van der Waals surface area contributed by atoms with Crippen LogP contribution in [0.3, 0.4) is 0 Å². The highest BCUT2D eigenvalue weighted by Crippen LogP contribution is 2.45. The van der Waals surface area contributed by atoms with Crippen molar-refractivity contribution in [2.24, 2.45) is 0 Å². The van der Waals surface area contributed by atoms with Gasteiger partial charge in [-0.05, 0) is 54.8 Å². The van der Waals surface area contributed by atoms with Crippen LogP contribution in [0.1, 0.15) is 27.9 Å². The second-order valence-corrected chi connectivity index (χ2v) is 6.89. The highest BCUT2D eigenvalue weighted by Gasteiger charge is 2.52. The van der Waals surface area contributed by atoms with Gasteiger partial charge in [0.15, 0.2) is 0 Å². The molecule has 1 fully saturated rings. The van der Waals surface area contributed by atoms with E-state index in [9.17, 15) is 14.0 Å². The van der Waals surface area contributed by atoms with Gasteiger partial charge >= 0.3 is 0 Å². The zero-order valence-corrected chi connectivity index (χ0v) is 14.6. The maximum Gasteiger partial charge on any atom is 0.254 e. The maximum absolute atomic E-state index is 13.8. The zero-order chi connectivity index (χ0) is 18.5. The van der Waals surface area contributed by atoms with E-state index in [1.54, 1.807) is 37.1 Å². The van der Waals surface area contributed by atoms with Gasteiger partial charge in [0.1, 0.15) is 11.6 Å². The molecule has 2 heterocycles. The van der Waals surface area contributed by atoms with Gasteiger partial charge in [0, 0.05) is 24.3 Å². The molecule has 4 rings (SSSR count). The van der Waals surface area contributed by atoms with Crippen molar-refractivity contribution in [2.75, 3.05) is 25.5 Å². The van der Waals surface area contributed by atoms with E-state index in [4.69, 9.17) is 4.74 Å². The molecule has 0 unspecified atom stereocenters. The molecule has 2 aromatic carbocycles. The Morgan fingerprint density at radius 3 is 2.81 bits per heavy atom. The first kappa shape index (κ1) is 16.6. The van der Waals surface area contributed by atoms with E-state index in [-0.39, 0.29) is 18.4 Å². The van der Waals surface area contributed by atoms with Crippen molar-refractivity contribution in [3.05, 3.63) is 58.9 Å². The lowest BCUT2D eigenvalue weighted by molar-refractivity contribution is -0.120. The van der Waals surface area contributed by atoms with Crippen LogP contribution in [0.2, 0.25) is 0 Å². The number of ether oxygens (including phenoxy) is 1. The minimum atomic E-state index is -0.775. The minimum Gasteiger partial charge on any atom is -0.497 e. The number of nitrogens with one attached hydrogen (secondary N) is 1. The molecule has 0 radical (unpaired) electrons.